The van der Waals surface area contributed by atoms with Gasteiger partial charge in [0.25, 0.3) is 10.2 Å². The molecule has 6 nitrogen and oxygen atoms in total. The molecule has 1 aromatic carbocycles. The van der Waals surface area contributed by atoms with Gasteiger partial charge < -0.3 is 5.73 Å². The van der Waals surface area contributed by atoms with Crippen LogP contribution in [0.1, 0.15) is 5.56 Å². The lowest BCUT2D eigenvalue weighted by molar-refractivity contribution is -0.117. The molecule has 0 radical (unpaired) electrons. The van der Waals surface area contributed by atoms with Crippen molar-refractivity contribution in [1.82, 2.24) is 0 Å². The molecular formula is C8H11N3O3S. The van der Waals surface area contributed by atoms with Gasteiger partial charge in [0.05, 0.1) is 6.42 Å². The Labute approximate surface area is 87.4 Å². The van der Waals surface area contributed by atoms with Gasteiger partial charge in [-0.25, -0.2) is 5.14 Å². The molecule has 15 heavy (non-hydrogen) atoms. The maximum Gasteiger partial charge on any atom is 0.296 e. The van der Waals surface area contributed by atoms with Gasteiger partial charge in [0, 0.05) is 5.69 Å². The molecule has 0 heterocycles. The van der Waals surface area contributed by atoms with Crippen LogP contribution in [0.4, 0.5) is 5.69 Å². The van der Waals surface area contributed by atoms with Gasteiger partial charge in [-0.1, -0.05) is 12.1 Å². The predicted molar refractivity (Wildman–Crippen MR) is 56.1 cm³/mol. The van der Waals surface area contributed by atoms with E-state index in [2.05, 4.69) is 4.72 Å². The number of nitrogens with one attached hydrogen (secondary N) is 1. The summed E-state index contributed by atoms with van der Waals surface area (Å²) in [5.41, 5.74) is 6.04. The fourth-order valence-corrected chi connectivity index (χ4v) is 1.52. The third-order valence-corrected chi connectivity index (χ3v) is 2.11. The third kappa shape index (κ3) is 4.43. The van der Waals surface area contributed by atoms with Gasteiger partial charge in [-0.2, -0.15) is 8.42 Å². The predicted octanol–water partition coefficient (Wildman–Crippen LogP) is -0.670. The summed E-state index contributed by atoms with van der Waals surface area (Å²) in [6, 6.07) is 6.20. The van der Waals surface area contributed by atoms with Crippen molar-refractivity contribution in [2.24, 2.45) is 10.9 Å². The van der Waals surface area contributed by atoms with E-state index < -0.39 is 16.1 Å². The molecule has 1 rings (SSSR count). The number of amides is 1. The number of rotatable bonds is 4. The number of primary amides is 1. The SMILES string of the molecule is NC(=O)Cc1ccc(NS(N)(=O)=O)cc1. The van der Waals surface area contributed by atoms with Crippen LogP contribution >= 0.6 is 0 Å². The van der Waals surface area contributed by atoms with Crippen molar-refractivity contribution in [3.63, 3.8) is 0 Å². The number of anilines is 1. The highest BCUT2D eigenvalue weighted by Gasteiger charge is 2.02. The minimum Gasteiger partial charge on any atom is -0.369 e. The average molecular weight is 229 g/mol. The molecule has 0 aliphatic rings. The van der Waals surface area contributed by atoms with Crippen molar-refractivity contribution in [1.29, 1.82) is 0 Å². The maximum absolute atomic E-state index is 10.7. The molecule has 0 saturated heterocycles. The molecule has 1 aromatic rings. The van der Waals surface area contributed by atoms with Crippen molar-refractivity contribution in [2.75, 3.05) is 4.72 Å². The largest absolute Gasteiger partial charge is 0.369 e. The Bertz CT molecular complexity index is 453. The smallest absolute Gasteiger partial charge is 0.296 e. The lowest BCUT2D eigenvalue weighted by Crippen LogP contribution is -2.21. The topological polar surface area (TPSA) is 115 Å². The summed E-state index contributed by atoms with van der Waals surface area (Å²) in [7, 11) is -3.75. The zero-order valence-corrected chi connectivity index (χ0v) is 8.62. The summed E-state index contributed by atoms with van der Waals surface area (Å²) in [6.07, 6.45) is 0.121. The van der Waals surface area contributed by atoms with E-state index in [0.29, 0.717) is 11.3 Å². The number of carbonyl (C=O) groups excluding carboxylic acids is 1. The molecule has 0 saturated carbocycles. The molecule has 0 unspecified atom stereocenters. The summed E-state index contributed by atoms with van der Waals surface area (Å²) < 4.78 is 23.4. The molecule has 0 atom stereocenters. The highest BCUT2D eigenvalue weighted by atomic mass is 32.2. The van der Waals surface area contributed by atoms with Crippen LogP contribution in [-0.4, -0.2) is 14.3 Å². The van der Waals surface area contributed by atoms with E-state index in [-0.39, 0.29) is 6.42 Å². The van der Waals surface area contributed by atoms with E-state index in [9.17, 15) is 13.2 Å². The fraction of sp³-hybridized carbons (Fsp3) is 0.125. The van der Waals surface area contributed by atoms with Crippen molar-refractivity contribution in [3.8, 4) is 0 Å². The van der Waals surface area contributed by atoms with Crippen molar-refractivity contribution >= 4 is 21.8 Å². The second-order valence-electron chi connectivity index (χ2n) is 2.99. The zero-order chi connectivity index (χ0) is 11.5. The molecule has 0 spiro atoms. The van der Waals surface area contributed by atoms with Crippen molar-refractivity contribution in [3.05, 3.63) is 29.8 Å². The summed E-state index contributed by atoms with van der Waals surface area (Å²) in [6.45, 7) is 0. The quantitative estimate of drug-likeness (QED) is 0.635. The Kier molecular flexibility index (Phi) is 3.28. The first-order valence-electron chi connectivity index (χ1n) is 4.04. The van der Waals surface area contributed by atoms with Crippen LogP contribution in [0.2, 0.25) is 0 Å². The first-order valence-corrected chi connectivity index (χ1v) is 5.59. The zero-order valence-electron chi connectivity index (χ0n) is 7.80. The minimum atomic E-state index is -3.75. The van der Waals surface area contributed by atoms with E-state index in [4.69, 9.17) is 10.9 Å². The monoisotopic (exact) mass is 229 g/mol. The molecule has 5 N–H and O–H groups in total. The molecule has 82 valence electrons. The average Bonchev–Trinajstić information content (AvgIpc) is 2.05. The normalized spacial score (nSPS) is 11.0. The first kappa shape index (κ1) is 11.5. The number of nitrogens with two attached hydrogens (primary N) is 2. The summed E-state index contributed by atoms with van der Waals surface area (Å²) >= 11 is 0. The first-order chi connectivity index (χ1) is 6.87. The van der Waals surface area contributed by atoms with Crippen LogP contribution < -0.4 is 15.6 Å². The van der Waals surface area contributed by atoms with Crippen LogP contribution in [-0.2, 0) is 21.4 Å². The molecule has 0 fully saturated rings. The Morgan fingerprint density at radius 2 is 1.80 bits per heavy atom. The minimum absolute atomic E-state index is 0.121. The van der Waals surface area contributed by atoms with Crippen LogP contribution in [0.25, 0.3) is 0 Å². The summed E-state index contributed by atoms with van der Waals surface area (Å²) in [5, 5.41) is 4.77. The lowest BCUT2D eigenvalue weighted by atomic mass is 10.1. The van der Waals surface area contributed by atoms with Gasteiger partial charge in [-0.3, -0.25) is 9.52 Å². The lowest BCUT2D eigenvalue weighted by Gasteiger charge is -2.03. The van der Waals surface area contributed by atoms with E-state index in [1.54, 1.807) is 12.1 Å². The van der Waals surface area contributed by atoms with Crippen molar-refractivity contribution < 1.29 is 13.2 Å². The maximum atomic E-state index is 10.7. The molecule has 0 aromatic heterocycles. The molecule has 0 aliphatic carbocycles. The third-order valence-electron chi connectivity index (χ3n) is 1.59. The van der Waals surface area contributed by atoms with Gasteiger partial charge in [-0.15, -0.1) is 0 Å². The van der Waals surface area contributed by atoms with Crippen molar-refractivity contribution in [2.45, 2.75) is 6.42 Å². The second-order valence-corrected chi connectivity index (χ2v) is 4.28. The second kappa shape index (κ2) is 4.28. The Balaban J connectivity index is 2.77. The number of benzene rings is 1. The number of carbonyl (C=O) groups is 1. The van der Waals surface area contributed by atoms with E-state index in [1.807, 2.05) is 0 Å². The highest BCUT2D eigenvalue weighted by Crippen LogP contribution is 2.10. The Morgan fingerprint density at radius 3 is 2.20 bits per heavy atom. The van der Waals surface area contributed by atoms with Crippen LogP contribution in [0.5, 0.6) is 0 Å². The molecule has 0 bridgehead atoms. The van der Waals surface area contributed by atoms with Gasteiger partial charge in [0.15, 0.2) is 0 Å². The van der Waals surface area contributed by atoms with Gasteiger partial charge in [-0.05, 0) is 17.7 Å². The molecular weight excluding hydrogens is 218 g/mol. The number of hydrogen-bond acceptors (Lipinski definition) is 3. The Hall–Kier alpha value is -1.60. The molecule has 7 heteroatoms. The molecule has 1 amide bonds. The van der Waals surface area contributed by atoms with Gasteiger partial charge >= 0.3 is 0 Å². The van der Waals surface area contributed by atoms with E-state index in [1.165, 1.54) is 12.1 Å². The van der Waals surface area contributed by atoms with Gasteiger partial charge in [0.1, 0.15) is 0 Å². The summed E-state index contributed by atoms with van der Waals surface area (Å²) in [5.74, 6) is -0.442. The molecule has 0 aliphatic heterocycles. The standard InChI is InChI=1S/C8H11N3O3S/c9-8(12)5-6-1-3-7(4-2-6)11-15(10,13)14/h1-4,11H,5H2,(H2,9,12)(H2,10,13,14). The van der Waals surface area contributed by atoms with Crippen LogP contribution in [0, 0.1) is 0 Å². The van der Waals surface area contributed by atoms with E-state index in [0.717, 1.165) is 0 Å². The highest BCUT2D eigenvalue weighted by molar-refractivity contribution is 7.90. The fourth-order valence-electron chi connectivity index (χ4n) is 1.06. The Morgan fingerprint density at radius 1 is 1.27 bits per heavy atom. The number of hydrogen-bond donors (Lipinski definition) is 3. The summed E-state index contributed by atoms with van der Waals surface area (Å²) in [4.78, 5) is 10.6. The van der Waals surface area contributed by atoms with E-state index >= 15 is 0 Å². The van der Waals surface area contributed by atoms with Crippen LogP contribution in [0.3, 0.4) is 0 Å². The van der Waals surface area contributed by atoms with Gasteiger partial charge in [0.2, 0.25) is 5.91 Å². The van der Waals surface area contributed by atoms with Crippen LogP contribution in [0.15, 0.2) is 24.3 Å².